The summed E-state index contributed by atoms with van der Waals surface area (Å²) >= 11 is 8.27. The van der Waals surface area contributed by atoms with Crippen LogP contribution in [0.2, 0.25) is 5.02 Å². The third-order valence-electron chi connectivity index (χ3n) is 2.77. The van der Waals surface area contributed by atoms with Crippen LogP contribution in [0.5, 0.6) is 5.75 Å². The standard InChI is InChI=1S/C15H15ClINO/c1-10(18)14-8-12(16)4-7-15(14)19-9-11-2-5-13(17)6-3-11/h2-8,10H,9,18H2,1H3/t10-/m1/s1. The topological polar surface area (TPSA) is 35.2 Å². The maximum Gasteiger partial charge on any atom is 0.124 e. The minimum atomic E-state index is -0.106. The summed E-state index contributed by atoms with van der Waals surface area (Å²) < 4.78 is 7.05. The molecule has 2 aromatic carbocycles. The fraction of sp³-hybridized carbons (Fsp3) is 0.200. The number of hydrogen-bond donors (Lipinski definition) is 1. The second kappa shape index (κ2) is 6.59. The van der Waals surface area contributed by atoms with E-state index in [0.717, 1.165) is 16.9 Å². The van der Waals surface area contributed by atoms with Gasteiger partial charge >= 0.3 is 0 Å². The molecular weight excluding hydrogens is 373 g/mol. The van der Waals surface area contributed by atoms with Crippen LogP contribution in [0, 0.1) is 3.57 Å². The van der Waals surface area contributed by atoms with Gasteiger partial charge in [0.15, 0.2) is 0 Å². The Balaban J connectivity index is 2.13. The van der Waals surface area contributed by atoms with Crippen LogP contribution in [0.25, 0.3) is 0 Å². The highest BCUT2D eigenvalue weighted by Gasteiger charge is 2.09. The van der Waals surface area contributed by atoms with Gasteiger partial charge in [0.05, 0.1) is 0 Å². The summed E-state index contributed by atoms with van der Waals surface area (Å²) in [7, 11) is 0. The Bertz CT molecular complexity index is 555. The third-order valence-corrected chi connectivity index (χ3v) is 3.72. The smallest absolute Gasteiger partial charge is 0.124 e. The lowest BCUT2D eigenvalue weighted by atomic mass is 10.1. The highest BCUT2D eigenvalue weighted by Crippen LogP contribution is 2.27. The van der Waals surface area contributed by atoms with Gasteiger partial charge in [-0.15, -0.1) is 0 Å². The van der Waals surface area contributed by atoms with Crippen LogP contribution < -0.4 is 10.5 Å². The molecule has 0 bridgehead atoms. The van der Waals surface area contributed by atoms with Crippen molar-refractivity contribution in [3.05, 3.63) is 62.2 Å². The zero-order chi connectivity index (χ0) is 13.8. The van der Waals surface area contributed by atoms with Gasteiger partial charge in [-0.2, -0.15) is 0 Å². The van der Waals surface area contributed by atoms with E-state index in [0.29, 0.717) is 11.6 Å². The summed E-state index contributed by atoms with van der Waals surface area (Å²) in [6.07, 6.45) is 0. The monoisotopic (exact) mass is 387 g/mol. The molecule has 0 saturated carbocycles. The second-order valence-electron chi connectivity index (χ2n) is 4.39. The van der Waals surface area contributed by atoms with Gasteiger partial charge in [0.1, 0.15) is 12.4 Å². The first-order valence-electron chi connectivity index (χ1n) is 5.98. The Morgan fingerprint density at radius 3 is 2.53 bits per heavy atom. The number of benzene rings is 2. The SMILES string of the molecule is C[C@@H](N)c1cc(Cl)ccc1OCc1ccc(I)cc1. The summed E-state index contributed by atoms with van der Waals surface area (Å²) in [6.45, 7) is 2.45. The fourth-order valence-corrected chi connectivity index (χ4v) is 2.29. The molecule has 2 aromatic rings. The average molecular weight is 388 g/mol. The summed E-state index contributed by atoms with van der Waals surface area (Å²) in [6, 6.07) is 13.7. The van der Waals surface area contributed by atoms with E-state index in [-0.39, 0.29) is 6.04 Å². The molecule has 2 nitrogen and oxygen atoms in total. The number of nitrogens with two attached hydrogens (primary N) is 1. The molecule has 4 heteroatoms. The molecule has 1 atom stereocenters. The minimum absolute atomic E-state index is 0.106. The molecular formula is C15H15ClINO. The van der Waals surface area contributed by atoms with E-state index in [1.54, 1.807) is 0 Å². The summed E-state index contributed by atoms with van der Waals surface area (Å²) in [5.41, 5.74) is 7.99. The van der Waals surface area contributed by atoms with E-state index in [2.05, 4.69) is 46.9 Å². The highest BCUT2D eigenvalue weighted by molar-refractivity contribution is 14.1. The molecule has 0 aliphatic carbocycles. The number of halogens is 2. The molecule has 0 aliphatic rings. The van der Waals surface area contributed by atoms with Crippen LogP contribution in [0.1, 0.15) is 24.1 Å². The molecule has 19 heavy (non-hydrogen) atoms. The summed E-state index contributed by atoms with van der Waals surface area (Å²) in [5.74, 6) is 0.790. The van der Waals surface area contributed by atoms with Crippen molar-refractivity contribution < 1.29 is 4.74 Å². The molecule has 0 unspecified atom stereocenters. The van der Waals surface area contributed by atoms with E-state index in [9.17, 15) is 0 Å². The van der Waals surface area contributed by atoms with Crippen LogP contribution in [-0.2, 0) is 6.61 Å². The molecule has 0 saturated heterocycles. The van der Waals surface area contributed by atoms with Gasteiger partial charge in [-0.1, -0.05) is 23.7 Å². The first-order valence-corrected chi connectivity index (χ1v) is 7.44. The van der Waals surface area contributed by atoms with Crippen LogP contribution in [0.15, 0.2) is 42.5 Å². The Hall–Kier alpha value is -0.780. The lowest BCUT2D eigenvalue weighted by Gasteiger charge is -2.14. The Morgan fingerprint density at radius 1 is 1.21 bits per heavy atom. The normalized spacial score (nSPS) is 12.2. The summed E-state index contributed by atoms with van der Waals surface area (Å²) in [4.78, 5) is 0. The first kappa shape index (κ1) is 14.6. The predicted molar refractivity (Wildman–Crippen MR) is 87.5 cm³/mol. The molecule has 0 fully saturated rings. The van der Waals surface area contributed by atoms with Crippen molar-refractivity contribution in [2.24, 2.45) is 5.73 Å². The van der Waals surface area contributed by atoms with Crippen molar-refractivity contribution in [2.75, 3.05) is 0 Å². The van der Waals surface area contributed by atoms with Gasteiger partial charge < -0.3 is 10.5 Å². The quantitative estimate of drug-likeness (QED) is 0.782. The Morgan fingerprint density at radius 2 is 1.89 bits per heavy atom. The van der Waals surface area contributed by atoms with Crippen LogP contribution in [-0.4, -0.2) is 0 Å². The van der Waals surface area contributed by atoms with Crippen LogP contribution in [0.4, 0.5) is 0 Å². The van der Waals surface area contributed by atoms with Gasteiger partial charge in [0.2, 0.25) is 0 Å². The maximum absolute atomic E-state index is 5.98. The highest BCUT2D eigenvalue weighted by atomic mass is 127. The fourth-order valence-electron chi connectivity index (χ4n) is 1.75. The third kappa shape index (κ3) is 4.09. The number of ether oxygens (including phenoxy) is 1. The predicted octanol–water partition coefficient (Wildman–Crippen LogP) is 4.54. The van der Waals surface area contributed by atoms with Gasteiger partial charge in [0.25, 0.3) is 0 Å². The van der Waals surface area contributed by atoms with Gasteiger partial charge in [-0.25, -0.2) is 0 Å². The van der Waals surface area contributed by atoms with E-state index in [4.69, 9.17) is 22.1 Å². The lowest BCUT2D eigenvalue weighted by molar-refractivity contribution is 0.301. The second-order valence-corrected chi connectivity index (χ2v) is 6.07. The van der Waals surface area contributed by atoms with Gasteiger partial charge in [-0.05, 0) is 65.4 Å². The molecule has 0 aliphatic heterocycles. The zero-order valence-electron chi connectivity index (χ0n) is 10.6. The van der Waals surface area contributed by atoms with Gasteiger partial charge in [0, 0.05) is 20.2 Å². The molecule has 0 spiro atoms. The van der Waals surface area contributed by atoms with E-state index in [1.807, 2.05) is 25.1 Å². The lowest BCUT2D eigenvalue weighted by Crippen LogP contribution is -2.08. The van der Waals surface area contributed by atoms with E-state index >= 15 is 0 Å². The largest absolute Gasteiger partial charge is 0.489 e. The molecule has 100 valence electrons. The first-order chi connectivity index (χ1) is 9.06. The van der Waals surface area contributed by atoms with Crippen molar-refractivity contribution in [1.29, 1.82) is 0 Å². The molecule has 2 rings (SSSR count). The molecule has 2 N–H and O–H groups in total. The minimum Gasteiger partial charge on any atom is -0.489 e. The van der Waals surface area contributed by atoms with Crippen molar-refractivity contribution in [2.45, 2.75) is 19.6 Å². The number of hydrogen-bond acceptors (Lipinski definition) is 2. The molecule has 0 amide bonds. The van der Waals surface area contributed by atoms with E-state index in [1.165, 1.54) is 3.57 Å². The molecule has 0 aromatic heterocycles. The van der Waals surface area contributed by atoms with Crippen molar-refractivity contribution in [3.63, 3.8) is 0 Å². The van der Waals surface area contributed by atoms with E-state index < -0.39 is 0 Å². The molecule has 0 heterocycles. The number of rotatable bonds is 4. The van der Waals surface area contributed by atoms with Gasteiger partial charge in [-0.3, -0.25) is 0 Å². The Labute approximate surface area is 132 Å². The maximum atomic E-state index is 5.98. The zero-order valence-corrected chi connectivity index (χ0v) is 13.5. The Kier molecular flexibility index (Phi) is 5.07. The van der Waals surface area contributed by atoms with Crippen molar-refractivity contribution >= 4 is 34.2 Å². The van der Waals surface area contributed by atoms with Crippen LogP contribution >= 0.6 is 34.2 Å². The van der Waals surface area contributed by atoms with Crippen molar-refractivity contribution in [1.82, 2.24) is 0 Å². The van der Waals surface area contributed by atoms with Crippen molar-refractivity contribution in [3.8, 4) is 5.75 Å². The summed E-state index contributed by atoms with van der Waals surface area (Å²) in [5, 5.41) is 0.675. The molecule has 0 radical (unpaired) electrons. The average Bonchev–Trinajstić information content (AvgIpc) is 2.39. The van der Waals surface area contributed by atoms with Crippen LogP contribution in [0.3, 0.4) is 0 Å².